The predicted octanol–water partition coefficient (Wildman–Crippen LogP) is 0.704. The van der Waals surface area contributed by atoms with E-state index in [1.54, 1.807) is 12.1 Å². The first kappa shape index (κ1) is 25.8. The third-order valence-electron chi connectivity index (χ3n) is 5.66. The molecule has 2 aromatic rings. The SMILES string of the molecule is CSCCC(NC(=O)c1ccc(NCC2NCCC2=S(=O)=O)cc1Cc1ccccc1)C(=O)[O-]. The summed E-state index contributed by atoms with van der Waals surface area (Å²) in [4.78, 5) is 25.0. The number of carboxylic acids is 1. The molecule has 1 aliphatic heterocycles. The minimum absolute atomic E-state index is 0.275. The number of aliphatic carboxylic acids is 1. The fourth-order valence-corrected chi connectivity index (χ4v) is 5.01. The monoisotopic (exact) mass is 502 g/mol. The molecule has 2 unspecified atom stereocenters. The zero-order chi connectivity index (χ0) is 24.5. The molecule has 1 fully saturated rings. The van der Waals surface area contributed by atoms with E-state index in [0.29, 0.717) is 42.1 Å². The second kappa shape index (κ2) is 12.6. The van der Waals surface area contributed by atoms with Gasteiger partial charge in [-0.3, -0.25) is 4.79 Å². The quantitative estimate of drug-likeness (QED) is 0.383. The molecule has 3 rings (SSSR count). The van der Waals surface area contributed by atoms with Gasteiger partial charge >= 0.3 is 0 Å². The fraction of sp³-hybridized carbons (Fsp3) is 0.375. The third-order valence-corrected chi connectivity index (χ3v) is 7.22. The summed E-state index contributed by atoms with van der Waals surface area (Å²) in [7, 11) is -2.23. The van der Waals surface area contributed by atoms with E-state index in [9.17, 15) is 23.1 Å². The summed E-state index contributed by atoms with van der Waals surface area (Å²) in [6.45, 7) is 1.01. The topological polar surface area (TPSA) is 127 Å². The molecule has 0 radical (unpaired) electrons. The van der Waals surface area contributed by atoms with E-state index in [0.717, 1.165) is 16.8 Å². The molecular formula is C24H28N3O5S2-. The van der Waals surface area contributed by atoms with Gasteiger partial charge in [0.25, 0.3) is 5.91 Å². The summed E-state index contributed by atoms with van der Waals surface area (Å²) in [5, 5.41) is 20.5. The number of amides is 1. The van der Waals surface area contributed by atoms with Crippen molar-refractivity contribution in [2.75, 3.05) is 30.4 Å². The van der Waals surface area contributed by atoms with E-state index in [4.69, 9.17) is 0 Å². The van der Waals surface area contributed by atoms with E-state index < -0.39 is 28.2 Å². The number of carbonyl (C=O) groups excluding carboxylic acids is 2. The molecule has 0 saturated carbocycles. The normalized spacial score (nSPS) is 16.1. The zero-order valence-corrected chi connectivity index (χ0v) is 20.5. The number of nitrogens with one attached hydrogen (secondary N) is 3. The van der Waals surface area contributed by atoms with E-state index in [1.165, 1.54) is 11.8 Å². The molecular weight excluding hydrogens is 474 g/mol. The van der Waals surface area contributed by atoms with Crippen LogP contribution in [0.5, 0.6) is 0 Å². The van der Waals surface area contributed by atoms with Gasteiger partial charge in [0.1, 0.15) is 0 Å². The highest BCUT2D eigenvalue weighted by Crippen LogP contribution is 2.21. The maximum atomic E-state index is 13.0. The van der Waals surface area contributed by atoms with Crippen molar-refractivity contribution in [2.24, 2.45) is 0 Å². The van der Waals surface area contributed by atoms with Gasteiger partial charge in [-0.1, -0.05) is 30.3 Å². The number of rotatable bonds is 11. The van der Waals surface area contributed by atoms with Crippen LogP contribution in [0.4, 0.5) is 5.69 Å². The van der Waals surface area contributed by atoms with E-state index >= 15 is 0 Å². The van der Waals surface area contributed by atoms with Crippen LogP contribution >= 0.6 is 11.8 Å². The highest BCUT2D eigenvalue weighted by molar-refractivity contribution is 7.98. The molecule has 2 aromatic carbocycles. The lowest BCUT2D eigenvalue weighted by Crippen LogP contribution is -2.48. The minimum Gasteiger partial charge on any atom is -0.548 e. The zero-order valence-electron chi connectivity index (χ0n) is 18.9. The van der Waals surface area contributed by atoms with Crippen molar-refractivity contribution < 1.29 is 23.1 Å². The van der Waals surface area contributed by atoms with Crippen molar-refractivity contribution in [2.45, 2.75) is 31.3 Å². The van der Waals surface area contributed by atoms with E-state index in [1.807, 2.05) is 42.7 Å². The summed E-state index contributed by atoms with van der Waals surface area (Å²) in [5.74, 6) is -1.19. The number of carbonyl (C=O) groups is 2. The van der Waals surface area contributed by atoms with Gasteiger partial charge in [-0.2, -0.15) is 20.2 Å². The summed E-state index contributed by atoms with van der Waals surface area (Å²) in [6.07, 6.45) is 3.12. The number of carboxylic acid groups (broad SMARTS) is 1. The average Bonchev–Trinajstić information content (AvgIpc) is 3.30. The van der Waals surface area contributed by atoms with Crippen molar-refractivity contribution in [3.63, 3.8) is 0 Å². The van der Waals surface area contributed by atoms with E-state index in [-0.39, 0.29) is 12.5 Å². The second-order valence-electron chi connectivity index (χ2n) is 8.00. The molecule has 0 spiro atoms. The lowest BCUT2D eigenvalue weighted by molar-refractivity contribution is -0.308. The Morgan fingerprint density at radius 2 is 1.97 bits per heavy atom. The Bertz CT molecular complexity index is 1140. The third kappa shape index (κ3) is 7.09. The molecule has 2 atom stereocenters. The van der Waals surface area contributed by atoms with Crippen LogP contribution < -0.4 is 21.1 Å². The average molecular weight is 503 g/mol. The van der Waals surface area contributed by atoms with Gasteiger partial charge in [0.05, 0.1) is 22.9 Å². The highest BCUT2D eigenvalue weighted by atomic mass is 32.2. The molecule has 1 heterocycles. The van der Waals surface area contributed by atoms with Crippen LogP contribution in [0.25, 0.3) is 0 Å². The number of benzene rings is 2. The Hall–Kier alpha value is -2.82. The fourth-order valence-electron chi connectivity index (χ4n) is 3.87. The van der Waals surface area contributed by atoms with Crippen LogP contribution in [0.2, 0.25) is 0 Å². The van der Waals surface area contributed by atoms with Crippen LogP contribution in [0, 0.1) is 0 Å². The Labute approximate surface area is 205 Å². The molecule has 1 amide bonds. The van der Waals surface area contributed by atoms with Crippen LogP contribution in [0.1, 0.15) is 34.3 Å². The van der Waals surface area contributed by atoms with Crippen molar-refractivity contribution >= 4 is 44.5 Å². The first-order chi connectivity index (χ1) is 16.4. The molecule has 0 aliphatic carbocycles. The Balaban J connectivity index is 1.83. The van der Waals surface area contributed by atoms with Crippen LogP contribution in [-0.2, 0) is 21.5 Å². The highest BCUT2D eigenvalue weighted by Gasteiger charge is 2.23. The van der Waals surface area contributed by atoms with E-state index in [2.05, 4.69) is 16.0 Å². The molecule has 1 saturated heterocycles. The first-order valence-electron chi connectivity index (χ1n) is 11.0. The summed E-state index contributed by atoms with van der Waals surface area (Å²) >= 11 is 1.50. The van der Waals surface area contributed by atoms with Crippen molar-refractivity contribution in [3.05, 3.63) is 65.2 Å². The van der Waals surface area contributed by atoms with Crippen LogP contribution in [0.15, 0.2) is 48.5 Å². The van der Waals surface area contributed by atoms with Gasteiger partial charge in [0.15, 0.2) is 0 Å². The molecule has 0 aromatic heterocycles. The second-order valence-corrected chi connectivity index (χ2v) is 9.98. The van der Waals surface area contributed by atoms with Crippen LogP contribution in [0.3, 0.4) is 0 Å². The predicted molar refractivity (Wildman–Crippen MR) is 134 cm³/mol. The van der Waals surface area contributed by atoms with Gasteiger partial charge in [0.2, 0.25) is 10.3 Å². The van der Waals surface area contributed by atoms with Crippen molar-refractivity contribution in [1.29, 1.82) is 0 Å². The Morgan fingerprint density at radius 1 is 1.21 bits per heavy atom. The molecule has 3 N–H and O–H groups in total. The Morgan fingerprint density at radius 3 is 2.65 bits per heavy atom. The van der Waals surface area contributed by atoms with Crippen molar-refractivity contribution in [3.8, 4) is 0 Å². The Kier molecular flexibility index (Phi) is 9.55. The summed E-state index contributed by atoms with van der Waals surface area (Å²) < 4.78 is 22.8. The van der Waals surface area contributed by atoms with Gasteiger partial charge in [0, 0.05) is 24.3 Å². The number of anilines is 1. The summed E-state index contributed by atoms with van der Waals surface area (Å²) in [5.41, 5.74) is 2.86. The molecule has 10 heteroatoms. The van der Waals surface area contributed by atoms with Gasteiger partial charge < -0.3 is 25.9 Å². The van der Waals surface area contributed by atoms with Crippen LogP contribution in [-0.4, -0.2) is 62.3 Å². The summed E-state index contributed by atoms with van der Waals surface area (Å²) in [6, 6.07) is 13.5. The maximum Gasteiger partial charge on any atom is 0.252 e. The first-order valence-corrected chi connectivity index (χ1v) is 13.5. The molecule has 0 bridgehead atoms. The van der Waals surface area contributed by atoms with Crippen molar-refractivity contribution in [1.82, 2.24) is 10.6 Å². The lowest BCUT2D eigenvalue weighted by Gasteiger charge is -2.21. The molecule has 1 aliphatic rings. The molecule has 8 nitrogen and oxygen atoms in total. The smallest absolute Gasteiger partial charge is 0.252 e. The van der Waals surface area contributed by atoms with Gasteiger partial charge in [-0.25, -0.2) is 0 Å². The molecule has 182 valence electrons. The maximum absolute atomic E-state index is 13.0. The minimum atomic E-state index is -2.23. The number of hydrogen-bond donors (Lipinski definition) is 3. The number of thioether (sulfide) groups is 1. The lowest BCUT2D eigenvalue weighted by atomic mass is 9.98. The standard InChI is InChI=1S/C24H29N3O5S2/c1-33-12-10-20(24(29)30)27-23(28)19-8-7-18(14-17(19)13-16-5-3-2-4-6-16)26-15-21-22(34(31)32)9-11-25-21/h2-8,14,20-21,25-26H,9-13,15H2,1H3,(H,27,28)(H,29,30)/p-1. The van der Waals surface area contributed by atoms with Gasteiger partial charge in [-0.05, 0) is 60.6 Å². The molecule has 34 heavy (non-hydrogen) atoms. The largest absolute Gasteiger partial charge is 0.548 e. The van der Waals surface area contributed by atoms with Gasteiger partial charge in [-0.15, -0.1) is 0 Å². The number of hydrogen-bond acceptors (Lipinski definition) is 8.